The molecule has 1 saturated carbocycles. The number of hydrogen-bond acceptors (Lipinski definition) is 3. The second-order valence-electron chi connectivity index (χ2n) is 7.19. The average molecular weight is 292 g/mol. The van der Waals surface area contributed by atoms with Gasteiger partial charge in [-0.2, -0.15) is 0 Å². The molecule has 0 N–H and O–H groups in total. The Kier molecular flexibility index (Phi) is 5.01. The van der Waals surface area contributed by atoms with E-state index in [4.69, 9.17) is 14.0 Å². The summed E-state index contributed by atoms with van der Waals surface area (Å²) in [6.07, 6.45) is 9.85. The third kappa shape index (κ3) is 3.44. The molecule has 1 aliphatic heterocycles. The van der Waals surface area contributed by atoms with Crippen molar-refractivity contribution in [2.45, 2.75) is 64.2 Å². The van der Waals surface area contributed by atoms with Gasteiger partial charge < -0.3 is 14.0 Å². The van der Waals surface area contributed by atoms with Gasteiger partial charge in [0.2, 0.25) is 0 Å². The lowest BCUT2D eigenvalue weighted by molar-refractivity contribution is 0.00578. The number of hydrogen-bond donors (Lipinski definition) is 0. The minimum atomic E-state index is -0.248. The Hall–Kier alpha value is -0.575. The number of allylic oxidation sites excluding steroid dienone is 1. The molecular weight excluding hydrogens is 263 g/mol. The molecule has 2 aliphatic rings. The molecule has 3 nitrogen and oxygen atoms in total. The fraction of sp³-hybridized carbons (Fsp3) is 0.765. The largest absolute Gasteiger partial charge is 0.461 e. The smallest absolute Gasteiger partial charge is 0.403 e. The minimum absolute atomic E-state index is 0.149. The Morgan fingerprint density at radius 2 is 1.71 bits per heavy atom. The maximum atomic E-state index is 6.00. The van der Waals surface area contributed by atoms with Gasteiger partial charge in [-0.05, 0) is 40.5 Å². The van der Waals surface area contributed by atoms with E-state index in [-0.39, 0.29) is 24.4 Å². The van der Waals surface area contributed by atoms with E-state index in [1.54, 1.807) is 7.11 Å². The van der Waals surface area contributed by atoms with Crippen LogP contribution in [0.25, 0.3) is 0 Å². The average Bonchev–Trinajstić information content (AvgIpc) is 2.87. The summed E-state index contributed by atoms with van der Waals surface area (Å²) in [5, 5.41) is 0. The highest BCUT2D eigenvalue weighted by Gasteiger charge is 2.50. The summed E-state index contributed by atoms with van der Waals surface area (Å²) in [7, 11) is 1.64. The maximum Gasteiger partial charge on any atom is 0.461 e. The highest BCUT2D eigenvalue weighted by molar-refractivity contribution is 6.46. The molecule has 0 unspecified atom stereocenters. The van der Waals surface area contributed by atoms with Crippen LogP contribution in [0.1, 0.15) is 40.5 Å². The number of rotatable bonds is 5. The van der Waals surface area contributed by atoms with Crippen molar-refractivity contribution in [3.63, 3.8) is 0 Å². The van der Waals surface area contributed by atoms with Gasteiger partial charge in [-0.3, -0.25) is 0 Å². The van der Waals surface area contributed by atoms with E-state index in [2.05, 4.69) is 46.4 Å². The third-order valence-electron chi connectivity index (χ3n) is 5.27. The van der Waals surface area contributed by atoms with Crippen LogP contribution >= 0.6 is 0 Å². The summed E-state index contributed by atoms with van der Waals surface area (Å²) in [4.78, 5) is 0. The molecule has 0 radical (unpaired) electrons. The zero-order valence-electron chi connectivity index (χ0n) is 14.1. The van der Waals surface area contributed by atoms with E-state index in [1.807, 2.05) is 6.08 Å². The number of methoxy groups -OCH3 is 1. The molecule has 0 aromatic rings. The molecule has 2 rings (SSSR count). The van der Waals surface area contributed by atoms with Crippen molar-refractivity contribution in [2.24, 2.45) is 11.8 Å². The van der Waals surface area contributed by atoms with Crippen LogP contribution in [-0.2, 0) is 14.0 Å². The van der Waals surface area contributed by atoms with Crippen molar-refractivity contribution < 1.29 is 14.0 Å². The molecule has 0 bridgehead atoms. The van der Waals surface area contributed by atoms with Crippen molar-refractivity contribution in [2.75, 3.05) is 7.11 Å². The predicted octanol–water partition coefficient (Wildman–Crippen LogP) is 3.86. The summed E-state index contributed by atoms with van der Waals surface area (Å²) < 4.78 is 17.6. The zero-order chi connectivity index (χ0) is 15.7. The van der Waals surface area contributed by atoms with Gasteiger partial charge in [0.05, 0.1) is 17.3 Å². The summed E-state index contributed by atoms with van der Waals surface area (Å²) >= 11 is 0. The Morgan fingerprint density at radius 3 is 2.24 bits per heavy atom. The predicted molar refractivity (Wildman–Crippen MR) is 87.2 cm³/mol. The van der Waals surface area contributed by atoms with Crippen LogP contribution in [0.5, 0.6) is 0 Å². The van der Waals surface area contributed by atoms with Crippen LogP contribution in [0.15, 0.2) is 24.8 Å². The first-order valence-electron chi connectivity index (χ1n) is 7.98. The SMILES string of the molecule is C=C[C@H]1CC[C@@H](/C=C\CB2OC(C)(C)C(C)(C)O2)[C@H]1OC. The van der Waals surface area contributed by atoms with Gasteiger partial charge >= 0.3 is 7.12 Å². The van der Waals surface area contributed by atoms with Crippen molar-refractivity contribution in [1.29, 1.82) is 0 Å². The Balaban J connectivity index is 1.88. The fourth-order valence-corrected chi connectivity index (χ4v) is 3.26. The molecule has 1 aliphatic carbocycles. The number of ether oxygens (including phenoxy) is 1. The van der Waals surface area contributed by atoms with Gasteiger partial charge in [-0.15, -0.1) is 6.58 Å². The molecule has 3 atom stereocenters. The molecule has 2 fully saturated rings. The lowest BCUT2D eigenvalue weighted by Gasteiger charge is -2.32. The summed E-state index contributed by atoms with van der Waals surface area (Å²) in [6.45, 7) is 12.3. The summed E-state index contributed by atoms with van der Waals surface area (Å²) in [6, 6.07) is 0. The Labute approximate surface area is 129 Å². The first-order chi connectivity index (χ1) is 9.80. The van der Waals surface area contributed by atoms with Crippen molar-refractivity contribution >= 4 is 7.12 Å². The first-order valence-corrected chi connectivity index (χ1v) is 7.98. The molecular formula is C17H29BO3. The molecule has 1 heterocycles. The van der Waals surface area contributed by atoms with E-state index < -0.39 is 0 Å². The van der Waals surface area contributed by atoms with Crippen LogP contribution in [0, 0.1) is 11.8 Å². The van der Waals surface area contributed by atoms with E-state index in [0.29, 0.717) is 11.8 Å². The van der Waals surface area contributed by atoms with Crippen LogP contribution in [-0.4, -0.2) is 31.5 Å². The second-order valence-corrected chi connectivity index (χ2v) is 7.19. The monoisotopic (exact) mass is 292 g/mol. The molecule has 118 valence electrons. The quantitative estimate of drug-likeness (QED) is 0.569. The highest BCUT2D eigenvalue weighted by Crippen LogP contribution is 2.38. The zero-order valence-corrected chi connectivity index (χ0v) is 14.1. The van der Waals surface area contributed by atoms with Crippen LogP contribution < -0.4 is 0 Å². The first kappa shape index (κ1) is 16.8. The van der Waals surface area contributed by atoms with E-state index in [1.165, 1.54) is 0 Å². The maximum absolute atomic E-state index is 6.00. The highest BCUT2D eigenvalue weighted by atomic mass is 16.7. The molecule has 0 aromatic heterocycles. The minimum Gasteiger partial charge on any atom is -0.403 e. The van der Waals surface area contributed by atoms with Crippen LogP contribution in [0.4, 0.5) is 0 Å². The Morgan fingerprint density at radius 1 is 1.14 bits per heavy atom. The molecule has 1 saturated heterocycles. The standard InChI is InChI=1S/C17H29BO3/c1-7-13-10-11-14(15(13)19-6)9-8-12-18-20-16(2,3)17(4,5)21-18/h7-9,13-15H,1,10-12H2,2-6H3/b9-8-/t13-,14+,15-/m0/s1. The summed E-state index contributed by atoms with van der Waals surface area (Å²) in [5.74, 6) is 0.946. The van der Waals surface area contributed by atoms with Gasteiger partial charge in [0.25, 0.3) is 0 Å². The molecule has 4 heteroatoms. The van der Waals surface area contributed by atoms with E-state index >= 15 is 0 Å². The van der Waals surface area contributed by atoms with Gasteiger partial charge in [0.15, 0.2) is 0 Å². The molecule has 21 heavy (non-hydrogen) atoms. The molecule has 0 amide bonds. The third-order valence-corrected chi connectivity index (χ3v) is 5.27. The van der Waals surface area contributed by atoms with Crippen molar-refractivity contribution in [1.82, 2.24) is 0 Å². The molecule has 0 spiro atoms. The van der Waals surface area contributed by atoms with E-state index in [0.717, 1.165) is 19.2 Å². The lowest BCUT2D eigenvalue weighted by Crippen LogP contribution is -2.41. The van der Waals surface area contributed by atoms with Gasteiger partial charge in [0.1, 0.15) is 0 Å². The Bertz CT molecular complexity index is 387. The van der Waals surface area contributed by atoms with Crippen LogP contribution in [0.3, 0.4) is 0 Å². The van der Waals surface area contributed by atoms with Gasteiger partial charge in [0, 0.05) is 25.3 Å². The van der Waals surface area contributed by atoms with Gasteiger partial charge in [-0.25, -0.2) is 0 Å². The normalized spacial score (nSPS) is 34.7. The van der Waals surface area contributed by atoms with Crippen molar-refractivity contribution in [3.8, 4) is 0 Å². The van der Waals surface area contributed by atoms with Crippen molar-refractivity contribution in [3.05, 3.63) is 24.8 Å². The fourth-order valence-electron chi connectivity index (χ4n) is 3.26. The lowest BCUT2D eigenvalue weighted by atomic mass is 9.84. The van der Waals surface area contributed by atoms with Gasteiger partial charge in [-0.1, -0.05) is 18.2 Å². The topological polar surface area (TPSA) is 27.7 Å². The van der Waals surface area contributed by atoms with E-state index in [9.17, 15) is 0 Å². The summed E-state index contributed by atoms with van der Waals surface area (Å²) in [5.41, 5.74) is -0.496. The second kappa shape index (κ2) is 6.27. The van der Waals surface area contributed by atoms with Crippen LogP contribution in [0.2, 0.25) is 6.32 Å². The molecule has 0 aromatic carbocycles.